The fourth-order valence-electron chi connectivity index (χ4n) is 2.00. The summed E-state index contributed by atoms with van der Waals surface area (Å²) < 4.78 is 0. The Balaban J connectivity index is 1.94. The van der Waals surface area contributed by atoms with Crippen LogP contribution in [0.2, 0.25) is 0 Å². The van der Waals surface area contributed by atoms with Crippen LogP contribution in [0.5, 0.6) is 0 Å². The highest BCUT2D eigenvalue weighted by atomic mass is 16.6. The first-order chi connectivity index (χ1) is 10.5. The quantitative estimate of drug-likeness (QED) is 0.557. The molecule has 8 heteroatoms. The van der Waals surface area contributed by atoms with Gasteiger partial charge in [-0.2, -0.15) is 5.10 Å². The lowest BCUT2D eigenvalue weighted by Crippen LogP contribution is -2.35. The van der Waals surface area contributed by atoms with Gasteiger partial charge in [-0.25, -0.2) is 0 Å². The van der Waals surface area contributed by atoms with E-state index in [-0.39, 0.29) is 23.1 Å². The van der Waals surface area contributed by atoms with E-state index < -0.39 is 10.8 Å². The molecule has 1 aromatic heterocycles. The van der Waals surface area contributed by atoms with E-state index in [0.717, 1.165) is 5.69 Å². The van der Waals surface area contributed by atoms with Crippen molar-refractivity contribution in [1.29, 1.82) is 0 Å². The number of H-pyrrole nitrogens is 1. The molecule has 0 spiro atoms. The third-order valence-electron chi connectivity index (χ3n) is 3.07. The number of hydrogen-bond acceptors (Lipinski definition) is 5. The van der Waals surface area contributed by atoms with E-state index in [4.69, 9.17) is 0 Å². The van der Waals surface area contributed by atoms with Gasteiger partial charge in [0.15, 0.2) is 0 Å². The van der Waals surface area contributed by atoms with Crippen LogP contribution in [-0.4, -0.2) is 33.6 Å². The topological polar surface area (TPSA) is 113 Å². The van der Waals surface area contributed by atoms with Gasteiger partial charge in [0.1, 0.15) is 5.69 Å². The summed E-state index contributed by atoms with van der Waals surface area (Å²) in [4.78, 5) is 22.3. The first-order valence-electron chi connectivity index (χ1n) is 6.78. The number of aromatic amines is 1. The number of carbonyl (C=O) groups is 1. The highest BCUT2D eigenvalue weighted by molar-refractivity contribution is 5.96. The molecule has 2 aromatic rings. The maximum absolute atomic E-state index is 12.0. The van der Waals surface area contributed by atoms with Crippen molar-refractivity contribution >= 4 is 17.3 Å². The van der Waals surface area contributed by atoms with Gasteiger partial charge in [-0.1, -0.05) is 18.2 Å². The molecule has 0 unspecified atom stereocenters. The summed E-state index contributed by atoms with van der Waals surface area (Å²) >= 11 is 0. The zero-order chi connectivity index (χ0) is 16.1. The SMILES string of the molecule is Cc1[nH]nc(C(=O)NC[C@@H](C)Nc2ccccc2)c1[N+](=O)[O-]. The van der Waals surface area contributed by atoms with Crippen LogP contribution in [0.25, 0.3) is 0 Å². The second-order valence-corrected chi connectivity index (χ2v) is 4.92. The second kappa shape index (κ2) is 6.70. The van der Waals surface area contributed by atoms with Crippen molar-refractivity contribution in [1.82, 2.24) is 15.5 Å². The Hall–Kier alpha value is -2.90. The smallest absolute Gasteiger partial charge is 0.322 e. The normalized spacial score (nSPS) is 11.7. The molecule has 22 heavy (non-hydrogen) atoms. The van der Waals surface area contributed by atoms with Gasteiger partial charge in [-0.15, -0.1) is 0 Å². The number of aryl methyl sites for hydroxylation is 1. The predicted octanol–water partition coefficient (Wildman–Crippen LogP) is 1.86. The predicted molar refractivity (Wildman–Crippen MR) is 81.8 cm³/mol. The lowest BCUT2D eigenvalue weighted by Gasteiger charge is -2.15. The Morgan fingerprint density at radius 2 is 2.09 bits per heavy atom. The molecule has 3 N–H and O–H groups in total. The van der Waals surface area contributed by atoms with Crippen molar-refractivity contribution in [2.24, 2.45) is 0 Å². The van der Waals surface area contributed by atoms with Crippen molar-refractivity contribution in [3.63, 3.8) is 0 Å². The fraction of sp³-hybridized carbons (Fsp3) is 0.286. The van der Waals surface area contributed by atoms with Gasteiger partial charge in [0.05, 0.1) is 4.92 Å². The molecule has 1 amide bonds. The number of para-hydroxylation sites is 1. The third-order valence-corrected chi connectivity index (χ3v) is 3.07. The van der Waals surface area contributed by atoms with Crippen LogP contribution in [-0.2, 0) is 0 Å². The second-order valence-electron chi connectivity index (χ2n) is 4.92. The van der Waals surface area contributed by atoms with E-state index in [2.05, 4.69) is 20.8 Å². The molecule has 0 radical (unpaired) electrons. The van der Waals surface area contributed by atoms with Gasteiger partial charge in [0.2, 0.25) is 5.69 Å². The average molecular weight is 303 g/mol. The van der Waals surface area contributed by atoms with E-state index in [1.807, 2.05) is 37.3 Å². The summed E-state index contributed by atoms with van der Waals surface area (Å²) in [5.41, 5.74) is 0.701. The van der Waals surface area contributed by atoms with E-state index in [0.29, 0.717) is 6.54 Å². The summed E-state index contributed by atoms with van der Waals surface area (Å²) in [7, 11) is 0. The number of carbonyl (C=O) groups excluding carboxylic acids is 1. The van der Waals surface area contributed by atoms with Crippen LogP contribution >= 0.6 is 0 Å². The first kappa shape index (κ1) is 15.5. The Morgan fingerprint density at radius 1 is 1.41 bits per heavy atom. The summed E-state index contributed by atoms with van der Waals surface area (Å²) in [5.74, 6) is -0.572. The van der Waals surface area contributed by atoms with Gasteiger partial charge in [-0.05, 0) is 26.0 Å². The minimum absolute atomic E-state index is 0.0366. The van der Waals surface area contributed by atoms with Gasteiger partial charge in [-0.3, -0.25) is 20.0 Å². The molecule has 0 aliphatic rings. The summed E-state index contributed by atoms with van der Waals surface area (Å²) in [5, 5.41) is 23.0. The largest absolute Gasteiger partial charge is 0.381 e. The van der Waals surface area contributed by atoms with Crippen LogP contribution in [0.3, 0.4) is 0 Å². The minimum Gasteiger partial charge on any atom is -0.381 e. The lowest BCUT2D eigenvalue weighted by molar-refractivity contribution is -0.385. The Morgan fingerprint density at radius 3 is 2.73 bits per heavy atom. The molecule has 2 rings (SSSR count). The maximum atomic E-state index is 12.0. The summed E-state index contributed by atoms with van der Waals surface area (Å²) in [6, 6.07) is 9.52. The molecule has 116 valence electrons. The average Bonchev–Trinajstić information content (AvgIpc) is 2.88. The molecule has 1 aromatic carbocycles. The molecule has 0 saturated carbocycles. The highest BCUT2D eigenvalue weighted by Crippen LogP contribution is 2.19. The fourth-order valence-corrected chi connectivity index (χ4v) is 2.00. The molecule has 0 aliphatic heterocycles. The zero-order valence-corrected chi connectivity index (χ0v) is 12.3. The number of nitro groups is 1. The van der Waals surface area contributed by atoms with Crippen molar-refractivity contribution in [3.8, 4) is 0 Å². The van der Waals surface area contributed by atoms with Crippen molar-refractivity contribution in [2.45, 2.75) is 19.9 Å². The van der Waals surface area contributed by atoms with Crippen LogP contribution in [0, 0.1) is 17.0 Å². The van der Waals surface area contributed by atoms with E-state index in [9.17, 15) is 14.9 Å². The summed E-state index contributed by atoms with van der Waals surface area (Å²) in [6.45, 7) is 3.72. The molecule has 0 saturated heterocycles. The minimum atomic E-state index is -0.612. The van der Waals surface area contributed by atoms with E-state index in [1.165, 1.54) is 6.92 Å². The van der Waals surface area contributed by atoms with Gasteiger partial charge in [0, 0.05) is 18.3 Å². The Labute approximate surface area is 127 Å². The molecular formula is C14H17N5O3. The number of nitrogens with one attached hydrogen (secondary N) is 3. The molecule has 1 heterocycles. The van der Waals surface area contributed by atoms with Crippen LogP contribution in [0.4, 0.5) is 11.4 Å². The van der Waals surface area contributed by atoms with E-state index in [1.54, 1.807) is 0 Å². The monoisotopic (exact) mass is 303 g/mol. The Bertz CT molecular complexity index is 668. The van der Waals surface area contributed by atoms with Crippen LogP contribution in [0.1, 0.15) is 23.1 Å². The molecule has 0 bridgehead atoms. The highest BCUT2D eigenvalue weighted by Gasteiger charge is 2.27. The lowest BCUT2D eigenvalue weighted by atomic mass is 10.2. The molecular weight excluding hydrogens is 286 g/mol. The molecule has 8 nitrogen and oxygen atoms in total. The number of anilines is 1. The number of benzene rings is 1. The maximum Gasteiger partial charge on any atom is 0.322 e. The van der Waals surface area contributed by atoms with Gasteiger partial charge in [0.25, 0.3) is 5.91 Å². The third kappa shape index (κ3) is 3.60. The van der Waals surface area contributed by atoms with Gasteiger partial charge >= 0.3 is 5.69 Å². The van der Waals surface area contributed by atoms with Crippen LogP contribution < -0.4 is 10.6 Å². The zero-order valence-electron chi connectivity index (χ0n) is 12.3. The van der Waals surface area contributed by atoms with E-state index >= 15 is 0 Å². The standard InChI is InChI=1S/C14H17N5O3/c1-9(16-11-6-4-3-5-7-11)8-15-14(20)12-13(19(21)22)10(2)17-18-12/h3-7,9,16H,8H2,1-2H3,(H,15,20)(H,17,18)/t9-/m1/s1. The van der Waals surface area contributed by atoms with Crippen LogP contribution in [0.15, 0.2) is 30.3 Å². The molecule has 0 fully saturated rings. The number of hydrogen-bond donors (Lipinski definition) is 3. The number of aromatic nitrogens is 2. The van der Waals surface area contributed by atoms with Crippen molar-refractivity contribution < 1.29 is 9.72 Å². The van der Waals surface area contributed by atoms with Crippen molar-refractivity contribution in [3.05, 3.63) is 51.8 Å². The number of rotatable bonds is 6. The van der Waals surface area contributed by atoms with Gasteiger partial charge < -0.3 is 10.6 Å². The Kier molecular flexibility index (Phi) is 4.72. The number of nitrogens with zero attached hydrogens (tertiary/aromatic N) is 2. The van der Waals surface area contributed by atoms with Crippen molar-refractivity contribution in [2.75, 3.05) is 11.9 Å². The number of amides is 1. The molecule has 0 aliphatic carbocycles. The molecule has 1 atom stereocenters. The summed E-state index contributed by atoms with van der Waals surface area (Å²) in [6.07, 6.45) is 0. The first-order valence-corrected chi connectivity index (χ1v) is 6.78.